The van der Waals surface area contributed by atoms with E-state index >= 15 is 0 Å². The van der Waals surface area contributed by atoms with E-state index in [4.69, 9.17) is 0 Å². The molecule has 46 valence electrons. The van der Waals surface area contributed by atoms with Gasteiger partial charge in [0, 0.05) is 4.91 Å². The molecule has 0 aliphatic carbocycles. The summed E-state index contributed by atoms with van der Waals surface area (Å²) in [5.74, 6) is 0. The summed E-state index contributed by atoms with van der Waals surface area (Å²) in [4.78, 5) is 5.02. The molecule has 2 heteroatoms. The fourth-order valence-corrected chi connectivity index (χ4v) is 0.840. The Morgan fingerprint density at radius 3 is 2.62 bits per heavy atom. The number of thioether (sulfide) groups is 1. The van der Waals surface area contributed by atoms with Crippen LogP contribution in [0.2, 0.25) is 0 Å². The lowest BCUT2D eigenvalue weighted by Gasteiger charge is -1.93. The maximum atomic E-state index is 3.74. The lowest BCUT2D eigenvalue weighted by atomic mass is 10.5. The first-order valence-electron chi connectivity index (χ1n) is 2.46. The van der Waals surface area contributed by atoms with Gasteiger partial charge in [-0.25, -0.2) is 0 Å². The molecule has 0 heterocycles. The van der Waals surface area contributed by atoms with Crippen LogP contribution in [0.15, 0.2) is 16.0 Å². The van der Waals surface area contributed by atoms with E-state index in [9.17, 15) is 0 Å². The summed E-state index contributed by atoms with van der Waals surface area (Å²) in [7, 11) is 0. The molecular weight excluding hydrogens is 118 g/mol. The van der Waals surface area contributed by atoms with Crippen molar-refractivity contribution in [2.24, 2.45) is 4.99 Å². The highest BCUT2D eigenvalue weighted by Crippen LogP contribution is 2.09. The van der Waals surface area contributed by atoms with E-state index in [1.54, 1.807) is 11.8 Å². The third-order valence-corrected chi connectivity index (χ3v) is 1.74. The molecule has 1 nitrogen and oxygen atoms in total. The predicted molar refractivity (Wildman–Crippen MR) is 41.7 cm³/mol. The van der Waals surface area contributed by atoms with E-state index in [1.165, 1.54) is 4.91 Å². The van der Waals surface area contributed by atoms with Crippen molar-refractivity contribution in [3.63, 3.8) is 0 Å². The van der Waals surface area contributed by atoms with Gasteiger partial charge in [-0.1, -0.05) is 6.08 Å². The molecule has 0 aromatic carbocycles. The van der Waals surface area contributed by atoms with Crippen molar-refractivity contribution in [2.45, 2.75) is 6.92 Å². The molecule has 0 amide bonds. The van der Waals surface area contributed by atoms with Gasteiger partial charge in [0.05, 0.1) is 6.54 Å². The minimum atomic E-state index is 0.762. The van der Waals surface area contributed by atoms with Crippen LogP contribution >= 0.6 is 11.8 Å². The lowest BCUT2D eigenvalue weighted by Crippen LogP contribution is -1.78. The number of hydrogen-bond acceptors (Lipinski definition) is 2. The second-order valence-electron chi connectivity index (χ2n) is 1.34. The highest BCUT2D eigenvalue weighted by molar-refractivity contribution is 8.02. The van der Waals surface area contributed by atoms with Crippen LogP contribution in [0.1, 0.15) is 6.92 Å². The van der Waals surface area contributed by atoms with E-state index < -0.39 is 0 Å². The van der Waals surface area contributed by atoms with Gasteiger partial charge < -0.3 is 0 Å². The molecule has 0 aliphatic heterocycles. The van der Waals surface area contributed by atoms with Gasteiger partial charge in [0.15, 0.2) is 0 Å². The van der Waals surface area contributed by atoms with E-state index in [-0.39, 0.29) is 0 Å². The van der Waals surface area contributed by atoms with Gasteiger partial charge in [0.2, 0.25) is 0 Å². The van der Waals surface area contributed by atoms with Crippen LogP contribution in [-0.2, 0) is 0 Å². The Labute approximate surface area is 54.9 Å². The van der Waals surface area contributed by atoms with Crippen LogP contribution in [0.4, 0.5) is 0 Å². The Bertz CT molecular complexity index is 96.7. The molecule has 0 aliphatic rings. The highest BCUT2D eigenvalue weighted by atomic mass is 32.2. The highest BCUT2D eigenvalue weighted by Gasteiger charge is 1.85. The summed E-state index contributed by atoms with van der Waals surface area (Å²) < 4.78 is 0. The Morgan fingerprint density at radius 2 is 2.50 bits per heavy atom. The van der Waals surface area contributed by atoms with Crippen LogP contribution in [0.5, 0.6) is 0 Å². The first-order valence-corrected chi connectivity index (χ1v) is 3.69. The molecule has 0 rings (SSSR count). The van der Waals surface area contributed by atoms with E-state index in [2.05, 4.69) is 17.8 Å². The molecule has 0 radical (unpaired) electrons. The molecule has 0 aromatic rings. The first-order chi connectivity index (χ1) is 3.85. The quantitative estimate of drug-likeness (QED) is 0.530. The minimum Gasteiger partial charge on any atom is -0.296 e. The van der Waals surface area contributed by atoms with Gasteiger partial charge in [0.1, 0.15) is 0 Å². The zero-order valence-electron chi connectivity index (χ0n) is 5.35. The second kappa shape index (κ2) is 4.91. The molecule has 0 saturated carbocycles. The molecule has 0 aromatic heterocycles. The van der Waals surface area contributed by atoms with Crippen LogP contribution in [0, 0.1) is 0 Å². The molecule has 0 fully saturated rings. The number of allylic oxidation sites excluding steroid dienone is 1. The van der Waals surface area contributed by atoms with Crippen molar-refractivity contribution in [1.82, 2.24) is 0 Å². The van der Waals surface area contributed by atoms with Gasteiger partial charge in [-0.15, -0.1) is 11.8 Å². The fraction of sp³-hybridized carbons (Fsp3) is 0.500. The summed E-state index contributed by atoms with van der Waals surface area (Å²) in [6.07, 6.45) is 4.10. The normalized spacial score (nSPS) is 11.5. The number of hydrogen-bond donors (Lipinski definition) is 0. The minimum absolute atomic E-state index is 0.762. The van der Waals surface area contributed by atoms with Crippen LogP contribution in [0.25, 0.3) is 0 Å². The van der Waals surface area contributed by atoms with Crippen molar-refractivity contribution < 1.29 is 0 Å². The topological polar surface area (TPSA) is 12.4 Å². The summed E-state index contributed by atoms with van der Waals surface area (Å²) in [6, 6.07) is 0. The Kier molecular flexibility index (Phi) is 4.76. The largest absolute Gasteiger partial charge is 0.296 e. The average Bonchev–Trinajstić information content (AvgIpc) is 1.83. The third kappa shape index (κ3) is 2.86. The van der Waals surface area contributed by atoms with Gasteiger partial charge >= 0.3 is 0 Å². The molecule has 0 bridgehead atoms. The molecule has 0 saturated heterocycles. The fourth-order valence-electron chi connectivity index (χ4n) is 0.384. The number of nitrogens with zero attached hydrogens (tertiary/aromatic N) is 1. The Balaban J connectivity index is 3.53. The van der Waals surface area contributed by atoms with Crippen LogP contribution < -0.4 is 0 Å². The van der Waals surface area contributed by atoms with Crippen molar-refractivity contribution in [3.05, 3.63) is 11.0 Å². The maximum absolute atomic E-state index is 3.74. The standard InChI is InChI=1S/C6H11NS/c1-4-6(8-3)5-7-2/h4H,2,5H2,1,3H3/b6-4+. The van der Waals surface area contributed by atoms with Gasteiger partial charge in [-0.05, 0) is 19.9 Å². The average molecular weight is 129 g/mol. The van der Waals surface area contributed by atoms with Crippen molar-refractivity contribution in [3.8, 4) is 0 Å². The second-order valence-corrected chi connectivity index (χ2v) is 2.27. The van der Waals surface area contributed by atoms with E-state index in [0.717, 1.165) is 6.54 Å². The van der Waals surface area contributed by atoms with E-state index in [0.29, 0.717) is 0 Å². The summed E-state index contributed by atoms with van der Waals surface area (Å²) in [5.41, 5.74) is 0. The molecule has 0 N–H and O–H groups in total. The Morgan fingerprint density at radius 1 is 1.88 bits per heavy atom. The van der Waals surface area contributed by atoms with Crippen LogP contribution in [-0.4, -0.2) is 19.5 Å². The Hall–Kier alpha value is -0.240. The summed E-state index contributed by atoms with van der Waals surface area (Å²) in [5, 5.41) is 0. The molecule has 0 unspecified atom stereocenters. The zero-order chi connectivity index (χ0) is 6.41. The lowest BCUT2D eigenvalue weighted by molar-refractivity contribution is 1.24. The first kappa shape index (κ1) is 7.76. The molecular formula is C6H11NS. The van der Waals surface area contributed by atoms with Crippen molar-refractivity contribution in [2.75, 3.05) is 12.8 Å². The number of rotatable bonds is 3. The third-order valence-electron chi connectivity index (χ3n) is 0.852. The van der Waals surface area contributed by atoms with E-state index in [1.807, 2.05) is 13.2 Å². The summed E-state index contributed by atoms with van der Waals surface area (Å²) >= 11 is 1.72. The molecule has 0 spiro atoms. The monoisotopic (exact) mass is 129 g/mol. The molecule has 0 atom stereocenters. The number of aliphatic imine (C=N–C) groups is 1. The van der Waals surface area contributed by atoms with Gasteiger partial charge in [-0.3, -0.25) is 4.99 Å². The smallest absolute Gasteiger partial charge is 0.0688 e. The van der Waals surface area contributed by atoms with Crippen LogP contribution in [0.3, 0.4) is 0 Å². The van der Waals surface area contributed by atoms with Crippen molar-refractivity contribution in [1.29, 1.82) is 0 Å². The SMILES string of the molecule is C=NC/C(=C\C)SC. The van der Waals surface area contributed by atoms with Crippen molar-refractivity contribution >= 4 is 18.5 Å². The zero-order valence-corrected chi connectivity index (χ0v) is 6.16. The predicted octanol–water partition coefficient (Wildman–Crippen LogP) is 1.95. The summed E-state index contributed by atoms with van der Waals surface area (Å²) in [6.45, 7) is 6.16. The maximum Gasteiger partial charge on any atom is 0.0688 e. The van der Waals surface area contributed by atoms with Gasteiger partial charge in [-0.2, -0.15) is 0 Å². The van der Waals surface area contributed by atoms with Gasteiger partial charge in [0.25, 0.3) is 0 Å². The molecule has 8 heavy (non-hydrogen) atoms.